The summed E-state index contributed by atoms with van der Waals surface area (Å²) in [4.78, 5) is 16.7. The van der Waals surface area contributed by atoms with Gasteiger partial charge in [-0.2, -0.15) is 9.71 Å². The van der Waals surface area contributed by atoms with Crippen LogP contribution in [0.4, 0.5) is 0 Å². The molecule has 1 heterocycles. The molecule has 1 aliphatic rings. The number of nitrogens with one attached hydrogen (secondary N) is 2. The zero-order chi connectivity index (χ0) is 20.7. The van der Waals surface area contributed by atoms with Crippen molar-refractivity contribution in [2.75, 3.05) is 0 Å². The third-order valence-electron chi connectivity index (χ3n) is 4.33. The van der Waals surface area contributed by atoms with Gasteiger partial charge in [-0.15, -0.1) is 0 Å². The van der Waals surface area contributed by atoms with Crippen LogP contribution in [0.2, 0.25) is 0 Å². The third kappa shape index (κ3) is 4.77. The second-order valence-corrected chi connectivity index (χ2v) is 9.98. The van der Waals surface area contributed by atoms with Gasteiger partial charge in [0.05, 0.1) is 10.9 Å². The van der Waals surface area contributed by atoms with E-state index >= 15 is 0 Å². The van der Waals surface area contributed by atoms with Crippen molar-refractivity contribution >= 4 is 15.9 Å². The lowest BCUT2D eigenvalue weighted by molar-refractivity contribution is -0.123. The minimum atomic E-state index is -3.92. The van der Waals surface area contributed by atoms with E-state index in [0.717, 1.165) is 12.8 Å². The monoisotopic (exact) mass is 406 g/mol. The first-order valence-corrected chi connectivity index (χ1v) is 10.7. The maximum atomic E-state index is 12.9. The van der Waals surface area contributed by atoms with Crippen molar-refractivity contribution < 1.29 is 17.7 Å². The highest BCUT2D eigenvalue weighted by molar-refractivity contribution is 7.89. The number of carbonyl (C=O) groups is 1. The third-order valence-corrected chi connectivity index (χ3v) is 6.01. The summed E-state index contributed by atoms with van der Waals surface area (Å²) in [5.74, 6) is 0.873. The van der Waals surface area contributed by atoms with Crippen LogP contribution in [0, 0.1) is 6.92 Å². The molecule has 1 aromatic heterocycles. The molecule has 9 heteroatoms. The van der Waals surface area contributed by atoms with Crippen LogP contribution in [0.25, 0.3) is 11.4 Å². The number of carbonyl (C=O) groups excluding carboxylic acids is 1. The van der Waals surface area contributed by atoms with E-state index in [1.807, 2.05) is 20.8 Å². The van der Waals surface area contributed by atoms with Crippen LogP contribution in [-0.4, -0.2) is 36.0 Å². The largest absolute Gasteiger partial charge is 0.350 e. The van der Waals surface area contributed by atoms with Gasteiger partial charge in [-0.25, -0.2) is 8.42 Å². The Balaban J connectivity index is 1.83. The zero-order valence-corrected chi connectivity index (χ0v) is 17.6. The summed E-state index contributed by atoms with van der Waals surface area (Å²) in [6.45, 7) is 8.71. The van der Waals surface area contributed by atoms with E-state index in [1.54, 1.807) is 19.1 Å². The van der Waals surface area contributed by atoms with Crippen molar-refractivity contribution in [1.82, 2.24) is 20.2 Å². The molecule has 1 unspecified atom stereocenters. The van der Waals surface area contributed by atoms with Crippen LogP contribution >= 0.6 is 0 Å². The fraction of sp³-hybridized carbons (Fsp3) is 0.526. The molecule has 1 aromatic carbocycles. The Hall–Kier alpha value is -2.26. The molecule has 0 radical (unpaired) electrons. The first kappa shape index (κ1) is 20.5. The Labute approximate surface area is 165 Å². The van der Waals surface area contributed by atoms with Gasteiger partial charge in [0.15, 0.2) is 0 Å². The number of rotatable bonds is 6. The van der Waals surface area contributed by atoms with Crippen molar-refractivity contribution in [1.29, 1.82) is 0 Å². The second kappa shape index (κ2) is 7.29. The molecule has 1 fully saturated rings. The molecule has 2 aromatic rings. The average molecular weight is 407 g/mol. The van der Waals surface area contributed by atoms with E-state index in [2.05, 4.69) is 20.2 Å². The topological polar surface area (TPSA) is 114 Å². The number of hydrogen-bond acceptors (Lipinski definition) is 6. The van der Waals surface area contributed by atoms with E-state index < -0.39 is 27.5 Å². The molecule has 2 N–H and O–H groups in total. The summed E-state index contributed by atoms with van der Waals surface area (Å²) in [5, 5.41) is 6.73. The number of hydrogen-bond donors (Lipinski definition) is 2. The number of amides is 1. The van der Waals surface area contributed by atoms with Gasteiger partial charge in [0.2, 0.25) is 27.6 Å². The van der Waals surface area contributed by atoms with Gasteiger partial charge in [0.25, 0.3) is 0 Å². The molecule has 3 rings (SSSR count). The average Bonchev–Trinajstić information content (AvgIpc) is 3.30. The highest BCUT2D eigenvalue weighted by atomic mass is 32.2. The van der Waals surface area contributed by atoms with Crippen molar-refractivity contribution in [3.63, 3.8) is 0 Å². The molecule has 152 valence electrons. The highest BCUT2D eigenvalue weighted by Gasteiger charge is 2.30. The van der Waals surface area contributed by atoms with E-state index in [4.69, 9.17) is 4.52 Å². The Bertz CT molecular complexity index is 988. The molecule has 0 spiro atoms. The summed E-state index contributed by atoms with van der Waals surface area (Å²) in [7, 11) is -3.92. The first-order valence-electron chi connectivity index (χ1n) is 9.25. The number of aryl methyl sites for hydroxylation is 1. The molecular weight excluding hydrogens is 380 g/mol. The predicted octanol–water partition coefficient (Wildman–Crippen LogP) is 2.50. The van der Waals surface area contributed by atoms with Gasteiger partial charge >= 0.3 is 0 Å². The van der Waals surface area contributed by atoms with Crippen LogP contribution in [0.1, 0.15) is 57.9 Å². The van der Waals surface area contributed by atoms with E-state index in [-0.39, 0.29) is 4.90 Å². The van der Waals surface area contributed by atoms with Crippen LogP contribution in [-0.2, 0) is 14.8 Å². The maximum absolute atomic E-state index is 12.9. The molecule has 0 aliphatic heterocycles. The Morgan fingerprint density at radius 3 is 2.57 bits per heavy atom. The fourth-order valence-electron chi connectivity index (χ4n) is 2.70. The number of sulfonamides is 1. The van der Waals surface area contributed by atoms with Crippen molar-refractivity contribution in [3.05, 3.63) is 29.7 Å². The summed E-state index contributed by atoms with van der Waals surface area (Å²) in [5.41, 5.74) is 0.656. The van der Waals surface area contributed by atoms with Crippen LogP contribution in [0.3, 0.4) is 0 Å². The lowest BCUT2D eigenvalue weighted by Crippen LogP contribution is -2.50. The molecule has 1 atom stereocenters. The van der Waals surface area contributed by atoms with E-state index in [1.165, 1.54) is 13.0 Å². The molecule has 28 heavy (non-hydrogen) atoms. The van der Waals surface area contributed by atoms with Gasteiger partial charge in [0.1, 0.15) is 0 Å². The van der Waals surface area contributed by atoms with E-state index in [0.29, 0.717) is 28.8 Å². The maximum Gasteiger partial charge on any atom is 0.241 e. The first-order chi connectivity index (χ1) is 13.0. The molecule has 1 amide bonds. The van der Waals surface area contributed by atoms with Gasteiger partial charge in [-0.1, -0.05) is 17.3 Å². The lowest BCUT2D eigenvalue weighted by Gasteiger charge is -2.23. The Morgan fingerprint density at radius 2 is 1.96 bits per heavy atom. The summed E-state index contributed by atoms with van der Waals surface area (Å²) in [6, 6.07) is 4.04. The summed E-state index contributed by atoms with van der Waals surface area (Å²) < 4.78 is 33.5. The van der Waals surface area contributed by atoms with Gasteiger partial charge < -0.3 is 9.84 Å². The van der Waals surface area contributed by atoms with Crippen LogP contribution in [0.5, 0.6) is 0 Å². The fourth-order valence-corrected chi connectivity index (χ4v) is 4.18. The van der Waals surface area contributed by atoms with Crippen molar-refractivity contribution in [2.24, 2.45) is 0 Å². The van der Waals surface area contributed by atoms with Crippen molar-refractivity contribution in [3.8, 4) is 11.4 Å². The molecule has 0 saturated heterocycles. The number of benzene rings is 1. The number of aromatic nitrogens is 2. The number of nitrogens with zero attached hydrogens (tertiary/aromatic N) is 2. The van der Waals surface area contributed by atoms with Gasteiger partial charge in [-0.3, -0.25) is 4.79 Å². The smallest absolute Gasteiger partial charge is 0.241 e. The Morgan fingerprint density at radius 1 is 1.29 bits per heavy atom. The summed E-state index contributed by atoms with van der Waals surface area (Å²) in [6.07, 6.45) is 2.07. The predicted molar refractivity (Wildman–Crippen MR) is 104 cm³/mol. The minimum Gasteiger partial charge on any atom is -0.350 e. The minimum absolute atomic E-state index is 0.0816. The van der Waals surface area contributed by atoms with Crippen LogP contribution < -0.4 is 10.0 Å². The zero-order valence-electron chi connectivity index (χ0n) is 16.7. The quantitative estimate of drug-likeness (QED) is 0.762. The SMILES string of the molecule is Cc1ccc(-c2noc(C3CC3)n2)cc1S(=O)(=O)NC(C)C(=O)NC(C)(C)C. The molecular formula is C19H26N4O4S. The standard InChI is InChI=1S/C19H26N4O4S/c1-11-6-7-14(16-20-18(27-22-16)13-8-9-13)10-15(11)28(25,26)23-12(2)17(24)21-19(3,4)5/h6-7,10,12-13,23H,8-9H2,1-5H3,(H,21,24). The van der Waals surface area contributed by atoms with Crippen LogP contribution in [0.15, 0.2) is 27.6 Å². The highest BCUT2D eigenvalue weighted by Crippen LogP contribution is 2.39. The molecule has 1 aliphatic carbocycles. The molecule has 1 saturated carbocycles. The lowest BCUT2D eigenvalue weighted by atomic mass is 10.1. The van der Waals surface area contributed by atoms with Gasteiger partial charge in [-0.05, 0) is 59.1 Å². The van der Waals surface area contributed by atoms with Crippen molar-refractivity contribution in [2.45, 2.75) is 69.9 Å². The van der Waals surface area contributed by atoms with Gasteiger partial charge in [0, 0.05) is 17.0 Å². The van der Waals surface area contributed by atoms with E-state index in [9.17, 15) is 13.2 Å². The molecule has 8 nitrogen and oxygen atoms in total. The normalized spacial score (nSPS) is 16.0. The second-order valence-electron chi connectivity index (χ2n) is 8.29. The Kier molecular flexibility index (Phi) is 5.33. The molecule has 0 bridgehead atoms. The summed E-state index contributed by atoms with van der Waals surface area (Å²) >= 11 is 0.